The average molecular weight is 393 g/mol. The van der Waals surface area contributed by atoms with Gasteiger partial charge in [-0.05, 0) is 12.1 Å². The molecule has 0 amide bonds. The van der Waals surface area contributed by atoms with Crippen molar-refractivity contribution in [1.82, 2.24) is 9.78 Å². The van der Waals surface area contributed by atoms with Crippen LogP contribution in [0.5, 0.6) is 0 Å². The van der Waals surface area contributed by atoms with Gasteiger partial charge in [0.25, 0.3) is 0 Å². The first kappa shape index (κ1) is 17.3. The molecule has 2 unspecified atom stereocenters. The molecule has 2 atom stereocenters. The average Bonchev–Trinajstić information content (AvgIpc) is 2.94. The van der Waals surface area contributed by atoms with Gasteiger partial charge in [0, 0.05) is 6.20 Å². The first-order valence-electron chi connectivity index (χ1n) is 6.27. The summed E-state index contributed by atoms with van der Waals surface area (Å²) < 4.78 is 92.8. The van der Waals surface area contributed by atoms with Crippen molar-refractivity contribution in [2.24, 2.45) is 0 Å². The van der Waals surface area contributed by atoms with Crippen LogP contribution in [0.15, 0.2) is 18.3 Å². The third-order valence-corrected chi connectivity index (χ3v) is 4.12. The van der Waals surface area contributed by atoms with Crippen molar-refractivity contribution in [2.75, 3.05) is 0 Å². The summed E-state index contributed by atoms with van der Waals surface area (Å²) in [5.41, 5.74) is -3.35. The lowest BCUT2D eigenvalue weighted by atomic mass is 10.2. The molecule has 24 heavy (non-hydrogen) atoms. The third kappa shape index (κ3) is 2.45. The molecule has 1 heterocycles. The number of fused-ring (bicyclic) bond motifs is 1. The van der Waals surface area contributed by atoms with E-state index in [2.05, 4.69) is 5.10 Å². The third-order valence-electron chi connectivity index (χ3n) is 3.54. The summed E-state index contributed by atoms with van der Waals surface area (Å²) in [5, 5.41) is 2.40. The maximum absolute atomic E-state index is 13.6. The van der Waals surface area contributed by atoms with Gasteiger partial charge < -0.3 is 0 Å². The quantitative estimate of drug-likeness (QED) is 0.573. The van der Waals surface area contributed by atoms with Crippen LogP contribution >= 0.6 is 23.2 Å². The van der Waals surface area contributed by atoms with Crippen molar-refractivity contribution in [3.8, 4) is 5.69 Å². The predicted molar refractivity (Wildman–Crippen MR) is 71.2 cm³/mol. The molecular weight excluding hydrogens is 388 g/mol. The number of aromatic nitrogens is 2. The Morgan fingerprint density at radius 3 is 2.08 bits per heavy atom. The number of alkyl halides is 7. The van der Waals surface area contributed by atoms with Gasteiger partial charge in [-0.3, -0.25) is 0 Å². The van der Waals surface area contributed by atoms with E-state index in [9.17, 15) is 30.7 Å². The highest BCUT2D eigenvalue weighted by molar-refractivity contribution is 6.37. The summed E-state index contributed by atoms with van der Waals surface area (Å²) in [6, 6.07) is 1.05. The number of hydrogen-bond donors (Lipinski definition) is 0. The van der Waals surface area contributed by atoms with Crippen LogP contribution in [0.3, 0.4) is 0 Å². The molecule has 0 radical (unpaired) electrons. The van der Waals surface area contributed by atoms with E-state index in [-0.39, 0.29) is 5.69 Å². The molecular formula is C13H5Cl2F7N2. The zero-order chi connectivity index (χ0) is 18.0. The van der Waals surface area contributed by atoms with Gasteiger partial charge in [0.1, 0.15) is 11.4 Å². The second-order valence-corrected chi connectivity index (χ2v) is 5.90. The molecule has 1 aliphatic rings. The van der Waals surface area contributed by atoms with Gasteiger partial charge in [-0.25, -0.2) is 13.5 Å². The van der Waals surface area contributed by atoms with Crippen LogP contribution in [0.25, 0.3) is 5.69 Å². The second kappa shape index (κ2) is 5.26. The lowest BCUT2D eigenvalue weighted by Crippen LogP contribution is -2.23. The fourth-order valence-corrected chi connectivity index (χ4v) is 3.04. The molecule has 1 aromatic carbocycles. The van der Waals surface area contributed by atoms with Gasteiger partial charge in [0.15, 0.2) is 6.17 Å². The van der Waals surface area contributed by atoms with Crippen molar-refractivity contribution in [3.05, 3.63) is 45.2 Å². The van der Waals surface area contributed by atoms with E-state index >= 15 is 0 Å². The number of benzene rings is 1. The lowest BCUT2D eigenvalue weighted by molar-refractivity contribution is -0.137. The smallest absolute Gasteiger partial charge is 0.237 e. The first-order chi connectivity index (χ1) is 10.9. The monoisotopic (exact) mass is 392 g/mol. The molecule has 130 valence electrons. The van der Waals surface area contributed by atoms with Crippen LogP contribution in [0.2, 0.25) is 10.0 Å². The normalized spacial score (nSPS) is 22.7. The van der Waals surface area contributed by atoms with Crippen LogP contribution < -0.4 is 0 Å². The van der Waals surface area contributed by atoms with Crippen molar-refractivity contribution in [3.63, 3.8) is 0 Å². The lowest BCUT2D eigenvalue weighted by Gasteiger charge is -2.15. The Bertz CT molecular complexity index is 792. The summed E-state index contributed by atoms with van der Waals surface area (Å²) in [5.74, 6) is -4.11. The van der Waals surface area contributed by atoms with E-state index in [0.717, 1.165) is 0 Å². The summed E-state index contributed by atoms with van der Waals surface area (Å²) in [7, 11) is 0. The number of hydrogen-bond acceptors (Lipinski definition) is 1. The van der Waals surface area contributed by atoms with Gasteiger partial charge in [-0.2, -0.15) is 27.1 Å². The molecule has 2 aromatic rings. The summed E-state index contributed by atoms with van der Waals surface area (Å²) in [6.45, 7) is 0. The molecule has 0 aliphatic heterocycles. The highest BCUT2D eigenvalue weighted by atomic mass is 35.5. The van der Waals surface area contributed by atoms with E-state index in [1.54, 1.807) is 0 Å². The maximum atomic E-state index is 13.6. The summed E-state index contributed by atoms with van der Waals surface area (Å²) >= 11 is 11.5. The standard InChI is InChI=1S/C13H5Cl2F7N2/c14-6-1-4(13(20,21)22)2-7(15)10(6)24-3-5-9(23-24)8(16)11(17)12(5,18)19/h1-3,8,11H. The zero-order valence-electron chi connectivity index (χ0n) is 11.2. The number of rotatable bonds is 1. The van der Waals surface area contributed by atoms with Crippen LogP contribution in [-0.2, 0) is 12.1 Å². The first-order valence-corrected chi connectivity index (χ1v) is 7.02. The van der Waals surface area contributed by atoms with Crippen molar-refractivity contribution in [1.29, 1.82) is 0 Å². The van der Waals surface area contributed by atoms with E-state index in [0.29, 0.717) is 23.0 Å². The van der Waals surface area contributed by atoms with Gasteiger partial charge in [0.2, 0.25) is 6.17 Å². The van der Waals surface area contributed by atoms with Gasteiger partial charge in [-0.15, -0.1) is 0 Å². The highest BCUT2D eigenvalue weighted by Crippen LogP contribution is 2.51. The Morgan fingerprint density at radius 1 is 1.08 bits per heavy atom. The minimum Gasteiger partial charge on any atom is -0.237 e. The van der Waals surface area contributed by atoms with E-state index < -0.39 is 51.3 Å². The molecule has 11 heteroatoms. The Morgan fingerprint density at radius 2 is 1.62 bits per heavy atom. The molecule has 1 aromatic heterocycles. The molecule has 0 saturated heterocycles. The molecule has 0 spiro atoms. The Labute approximate surface area is 139 Å². The van der Waals surface area contributed by atoms with Crippen molar-refractivity contribution < 1.29 is 30.7 Å². The summed E-state index contributed by atoms with van der Waals surface area (Å²) in [6.07, 6.45) is -9.87. The molecule has 3 rings (SSSR count). The van der Waals surface area contributed by atoms with Crippen molar-refractivity contribution in [2.45, 2.75) is 24.4 Å². The van der Waals surface area contributed by atoms with Crippen LogP contribution in [0.4, 0.5) is 30.7 Å². The maximum Gasteiger partial charge on any atom is 0.416 e. The SMILES string of the molecule is FC1c2nn(-c3c(Cl)cc(C(F)(F)F)cc3Cl)cc2C(F)(F)C1F. The molecule has 0 saturated carbocycles. The molecule has 1 aliphatic carbocycles. The minimum atomic E-state index is -4.73. The number of halogens is 9. The molecule has 0 fully saturated rings. The molecule has 0 N–H and O–H groups in total. The van der Waals surface area contributed by atoms with Crippen molar-refractivity contribution >= 4 is 23.2 Å². The zero-order valence-corrected chi connectivity index (χ0v) is 12.7. The second-order valence-electron chi connectivity index (χ2n) is 5.09. The van der Waals surface area contributed by atoms with E-state index in [1.807, 2.05) is 0 Å². The summed E-state index contributed by atoms with van der Waals surface area (Å²) in [4.78, 5) is 0. The minimum absolute atomic E-state index is 0.348. The highest BCUT2D eigenvalue weighted by Gasteiger charge is 2.58. The fourth-order valence-electron chi connectivity index (χ4n) is 2.38. The van der Waals surface area contributed by atoms with Crippen LogP contribution in [-0.4, -0.2) is 16.0 Å². The fraction of sp³-hybridized carbons (Fsp3) is 0.308. The largest absolute Gasteiger partial charge is 0.416 e. The topological polar surface area (TPSA) is 17.8 Å². The van der Waals surface area contributed by atoms with Crippen LogP contribution in [0.1, 0.15) is 23.0 Å². The van der Waals surface area contributed by atoms with Crippen LogP contribution in [0, 0.1) is 0 Å². The predicted octanol–water partition coefficient (Wildman–Crippen LogP) is 5.65. The van der Waals surface area contributed by atoms with Gasteiger partial charge >= 0.3 is 12.1 Å². The van der Waals surface area contributed by atoms with E-state index in [1.165, 1.54) is 0 Å². The Balaban J connectivity index is 2.13. The number of nitrogens with zero attached hydrogens (tertiary/aromatic N) is 2. The van der Waals surface area contributed by atoms with Gasteiger partial charge in [0.05, 0.1) is 21.2 Å². The van der Waals surface area contributed by atoms with Gasteiger partial charge in [-0.1, -0.05) is 23.2 Å². The van der Waals surface area contributed by atoms with E-state index in [4.69, 9.17) is 23.2 Å². The molecule has 0 bridgehead atoms. The Kier molecular flexibility index (Phi) is 3.80. The Hall–Kier alpha value is -1.48. The molecule has 2 nitrogen and oxygen atoms in total.